The lowest BCUT2D eigenvalue weighted by molar-refractivity contribution is -0.525. The molecular formula is C21H37N6O4. The molecule has 0 bridgehead atoms. The van der Waals surface area contributed by atoms with Crippen LogP contribution in [0.2, 0.25) is 0 Å². The lowest BCUT2D eigenvalue weighted by atomic mass is 10.1. The third-order valence-electron chi connectivity index (χ3n) is 5.35. The number of rotatable bonds is 12. The molecule has 31 heavy (non-hydrogen) atoms. The summed E-state index contributed by atoms with van der Waals surface area (Å²) in [7, 11) is 0. The van der Waals surface area contributed by atoms with E-state index in [-0.39, 0.29) is 35.6 Å². The number of allylic oxidation sites excluding steroid dienone is 2. The van der Waals surface area contributed by atoms with E-state index >= 15 is 0 Å². The van der Waals surface area contributed by atoms with Crippen LogP contribution in [-0.2, 0) is 9.59 Å². The summed E-state index contributed by atoms with van der Waals surface area (Å²) in [5, 5.41) is 25.1. The average Bonchev–Trinajstić information content (AvgIpc) is 3.15. The van der Waals surface area contributed by atoms with E-state index in [9.17, 15) is 19.7 Å². The van der Waals surface area contributed by atoms with Crippen LogP contribution < -0.4 is 21.4 Å². The summed E-state index contributed by atoms with van der Waals surface area (Å²) in [4.78, 5) is 35.9. The van der Waals surface area contributed by atoms with Crippen LogP contribution in [0.25, 0.3) is 0 Å². The maximum atomic E-state index is 12.9. The summed E-state index contributed by atoms with van der Waals surface area (Å²) in [6.45, 7) is 14.1. The molecule has 1 saturated carbocycles. The Bertz CT molecular complexity index is 700. The zero-order valence-corrected chi connectivity index (χ0v) is 19.4. The van der Waals surface area contributed by atoms with Crippen LogP contribution in [0.5, 0.6) is 0 Å². The predicted molar refractivity (Wildman–Crippen MR) is 119 cm³/mol. The molecule has 0 spiro atoms. The standard InChI is InChI=1S/C21H37N6O4/c1-13(2)9-11-23-18(28)16(8-7-10-24-20(22)26-27(30)31)25-19(29)17-15(12-14(3)4)21(17,5)6/h11-13,15-17H,7-10H2,1-6H3,(H,23,28)(H,25,29)(H3,22,24,26)/t15?,16-,17-/m0/s1. The number of carbonyl (C=O) groups is 2. The van der Waals surface area contributed by atoms with E-state index in [0.717, 1.165) is 12.0 Å². The number of nitro groups is 1. The Balaban J connectivity index is 2.68. The Morgan fingerprint density at radius 3 is 2.45 bits per heavy atom. The van der Waals surface area contributed by atoms with Crippen molar-refractivity contribution >= 4 is 17.8 Å². The van der Waals surface area contributed by atoms with Gasteiger partial charge in [0.25, 0.3) is 5.96 Å². The van der Waals surface area contributed by atoms with Crippen molar-refractivity contribution < 1.29 is 14.6 Å². The van der Waals surface area contributed by atoms with Crippen molar-refractivity contribution in [2.24, 2.45) is 23.2 Å². The third kappa shape index (κ3) is 8.94. The molecule has 0 aromatic carbocycles. The molecule has 0 aliphatic heterocycles. The predicted octanol–water partition coefficient (Wildman–Crippen LogP) is 2.12. The Morgan fingerprint density at radius 1 is 1.26 bits per heavy atom. The van der Waals surface area contributed by atoms with Crippen LogP contribution in [0, 0.1) is 45.2 Å². The summed E-state index contributed by atoms with van der Waals surface area (Å²) in [5.41, 5.74) is 2.71. The van der Waals surface area contributed by atoms with Crippen LogP contribution in [-0.4, -0.2) is 35.4 Å². The normalized spacial score (nSPS) is 19.7. The van der Waals surface area contributed by atoms with Crippen molar-refractivity contribution in [2.75, 3.05) is 6.54 Å². The molecule has 175 valence electrons. The number of amides is 2. The average molecular weight is 438 g/mol. The molecule has 0 aromatic rings. The fourth-order valence-electron chi connectivity index (χ4n) is 3.53. The van der Waals surface area contributed by atoms with E-state index in [1.807, 2.05) is 41.5 Å². The van der Waals surface area contributed by atoms with E-state index in [0.29, 0.717) is 18.8 Å². The number of nitrogens with one attached hydrogen (secondary N) is 5. The Labute approximate surface area is 184 Å². The Morgan fingerprint density at radius 2 is 1.90 bits per heavy atom. The van der Waals surface area contributed by atoms with Crippen molar-refractivity contribution in [3.63, 3.8) is 0 Å². The fraction of sp³-hybridized carbons (Fsp3) is 0.714. The van der Waals surface area contributed by atoms with E-state index < -0.39 is 17.0 Å². The Kier molecular flexibility index (Phi) is 9.93. The second kappa shape index (κ2) is 11.7. The first-order chi connectivity index (χ1) is 14.4. The lowest BCUT2D eigenvalue weighted by Crippen LogP contribution is -2.47. The van der Waals surface area contributed by atoms with Gasteiger partial charge in [-0.05, 0) is 50.4 Å². The highest BCUT2D eigenvalue weighted by Crippen LogP contribution is 2.59. The first-order valence-corrected chi connectivity index (χ1v) is 10.7. The van der Waals surface area contributed by atoms with Gasteiger partial charge in [0.15, 0.2) is 5.03 Å². The van der Waals surface area contributed by atoms with Gasteiger partial charge in [-0.2, -0.15) is 0 Å². The lowest BCUT2D eigenvalue weighted by Gasteiger charge is -2.19. The summed E-state index contributed by atoms with van der Waals surface area (Å²) >= 11 is 0. The van der Waals surface area contributed by atoms with Crippen LogP contribution in [0.3, 0.4) is 0 Å². The summed E-state index contributed by atoms with van der Waals surface area (Å²) in [6.07, 6.45) is 3.60. The van der Waals surface area contributed by atoms with Crippen molar-refractivity contribution in [1.82, 2.24) is 21.4 Å². The minimum absolute atomic E-state index is 0.143. The SMILES string of the molecule is CC(C)=CC1[C@@H](C(=O)N[C@@H](CCCNC(=N)N[N+](=O)[O-])C(=O)N[CH]CC(C)C)C1(C)C. The van der Waals surface area contributed by atoms with E-state index in [1.54, 1.807) is 12.0 Å². The first kappa shape index (κ1) is 26.4. The third-order valence-corrected chi connectivity index (χ3v) is 5.35. The number of hydrogen-bond acceptors (Lipinski definition) is 5. The van der Waals surface area contributed by atoms with Gasteiger partial charge in [0.05, 0.1) is 5.92 Å². The molecule has 0 aromatic heterocycles. The monoisotopic (exact) mass is 437 g/mol. The van der Waals surface area contributed by atoms with Gasteiger partial charge in [-0.1, -0.05) is 44.8 Å². The molecule has 0 heterocycles. The molecular weight excluding hydrogens is 400 g/mol. The molecule has 0 saturated heterocycles. The summed E-state index contributed by atoms with van der Waals surface area (Å²) in [6, 6.07) is -0.723. The largest absolute Gasteiger partial charge is 0.352 e. The first-order valence-electron chi connectivity index (χ1n) is 10.7. The molecule has 5 N–H and O–H groups in total. The second-order valence-corrected chi connectivity index (χ2v) is 9.29. The van der Waals surface area contributed by atoms with Crippen molar-refractivity contribution in [3.8, 4) is 0 Å². The van der Waals surface area contributed by atoms with Gasteiger partial charge >= 0.3 is 0 Å². The molecule has 10 heteroatoms. The number of guanidine groups is 1. The maximum Gasteiger partial charge on any atom is 0.251 e. The minimum atomic E-state index is -0.823. The fourth-order valence-corrected chi connectivity index (χ4v) is 3.53. The zero-order valence-electron chi connectivity index (χ0n) is 19.4. The van der Waals surface area contributed by atoms with Crippen molar-refractivity contribution in [3.05, 3.63) is 28.3 Å². The molecule has 3 atom stereocenters. The summed E-state index contributed by atoms with van der Waals surface area (Å²) < 4.78 is 0. The molecule has 1 radical (unpaired) electrons. The topological polar surface area (TPSA) is 149 Å². The van der Waals surface area contributed by atoms with Gasteiger partial charge in [-0.3, -0.25) is 15.0 Å². The highest BCUT2D eigenvalue weighted by molar-refractivity contribution is 5.90. The van der Waals surface area contributed by atoms with Gasteiger partial charge in [-0.15, -0.1) is 0 Å². The number of nitrogens with zero attached hydrogens (tertiary/aromatic N) is 1. The maximum absolute atomic E-state index is 12.9. The van der Waals surface area contributed by atoms with Crippen molar-refractivity contribution in [2.45, 2.75) is 66.8 Å². The van der Waals surface area contributed by atoms with Crippen molar-refractivity contribution in [1.29, 1.82) is 5.41 Å². The molecule has 1 fully saturated rings. The number of carbonyl (C=O) groups excluding carboxylic acids is 2. The quantitative estimate of drug-likeness (QED) is 0.0788. The van der Waals surface area contributed by atoms with Crippen LogP contribution in [0.4, 0.5) is 0 Å². The zero-order chi connectivity index (χ0) is 23.8. The smallest absolute Gasteiger partial charge is 0.251 e. The Hall–Kier alpha value is -2.65. The highest BCUT2D eigenvalue weighted by atomic mass is 16.7. The van der Waals surface area contributed by atoms with E-state index in [2.05, 4.69) is 22.0 Å². The summed E-state index contributed by atoms with van der Waals surface area (Å²) in [5.74, 6) is -0.506. The van der Waals surface area contributed by atoms with Gasteiger partial charge < -0.3 is 16.0 Å². The van der Waals surface area contributed by atoms with Crippen LogP contribution >= 0.6 is 0 Å². The molecule has 1 unspecified atom stereocenters. The number of hydrogen-bond donors (Lipinski definition) is 5. The second-order valence-electron chi connectivity index (χ2n) is 9.29. The van der Waals surface area contributed by atoms with Gasteiger partial charge in [0, 0.05) is 13.1 Å². The molecule has 10 nitrogen and oxygen atoms in total. The minimum Gasteiger partial charge on any atom is -0.352 e. The molecule has 2 amide bonds. The van der Waals surface area contributed by atoms with Gasteiger partial charge in [0.2, 0.25) is 11.8 Å². The van der Waals surface area contributed by atoms with Gasteiger partial charge in [0.1, 0.15) is 6.04 Å². The van der Waals surface area contributed by atoms with Crippen LogP contribution in [0.1, 0.15) is 60.8 Å². The van der Waals surface area contributed by atoms with Gasteiger partial charge in [-0.25, -0.2) is 10.1 Å². The van der Waals surface area contributed by atoms with E-state index in [1.165, 1.54) is 0 Å². The molecule has 1 aliphatic carbocycles. The molecule has 1 rings (SSSR count). The van der Waals surface area contributed by atoms with Crippen LogP contribution in [0.15, 0.2) is 11.6 Å². The van der Waals surface area contributed by atoms with E-state index in [4.69, 9.17) is 5.41 Å². The molecule has 1 aliphatic rings. The highest BCUT2D eigenvalue weighted by Gasteiger charge is 2.60. The number of hydrazine groups is 1.